The quantitative estimate of drug-likeness (QED) is 0.205. The minimum atomic E-state index is -0.112. The van der Waals surface area contributed by atoms with E-state index in [-0.39, 0.29) is 5.56 Å². The number of ether oxygens (including phenoxy) is 3. The molecule has 1 heterocycles. The molecule has 0 atom stereocenters. The van der Waals surface area contributed by atoms with Crippen LogP contribution in [-0.4, -0.2) is 35.6 Å². The van der Waals surface area contributed by atoms with E-state index in [1.807, 2.05) is 73.7 Å². The van der Waals surface area contributed by atoms with Crippen LogP contribution in [0.25, 0.3) is 16.6 Å². The fourth-order valence-electron chi connectivity index (χ4n) is 3.28. The summed E-state index contributed by atoms with van der Waals surface area (Å²) in [5.41, 5.74) is 1.27. The standard InChI is InChI=1S/C25H24N2O4S/c1-3-30-19-11-13-20(14-12-19)31-15-16-32-25-26-23-10-5-4-9-22(23)24(28)27(25)18-7-6-8-21(17-18)29-2/h4-14,17H,3,15-16H2,1-2H3. The lowest BCUT2D eigenvalue weighted by Gasteiger charge is -2.14. The zero-order chi connectivity index (χ0) is 22.3. The van der Waals surface area contributed by atoms with Crippen LogP contribution in [0.4, 0.5) is 0 Å². The van der Waals surface area contributed by atoms with Gasteiger partial charge in [-0.05, 0) is 55.5 Å². The van der Waals surface area contributed by atoms with Gasteiger partial charge < -0.3 is 14.2 Å². The number of hydrogen-bond acceptors (Lipinski definition) is 6. The molecule has 7 heteroatoms. The predicted molar refractivity (Wildman–Crippen MR) is 128 cm³/mol. The van der Waals surface area contributed by atoms with Crippen molar-refractivity contribution in [1.29, 1.82) is 0 Å². The molecule has 0 N–H and O–H groups in total. The average Bonchev–Trinajstić information content (AvgIpc) is 2.83. The first-order valence-corrected chi connectivity index (χ1v) is 11.3. The maximum absolute atomic E-state index is 13.3. The van der Waals surface area contributed by atoms with Crippen LogP contribution in [0.2, 0.25) is 0 Å². The molecule has 0 aliphatic heterocycles. The molecular formula is C25H24N2O4S. The van der Waals surface area contributed by atoms with Crippen molar-refractivity contribution in [3.63, 3.8) is 0 Å². The Bertz CT molecular complexity index is 1260. The lowest BCUT2D eigenvalue weighted by atomic mass is 10.2. The van der Waals surface area contributed by atoms with Gasteiger partial charge in [0.1, 0.15) is 17.2 Å². The SMILES string of the molecule is CCOc1ccc(OCCSc2nc3ccccc3c(=O)n2-c2cccc(OC)c2)cc1. The Balaban J connectivity index is 1.56. The molecular weight excluding hydrogens is 424 g/mol. The summed E-state index contributed by atoms with van der Waals surface area (Å²) in [4.78, 5) is 18.1. The van der Waals surface area contributed by atoms with Gasteiger partial charge in [-0.25, -0.2) is 4.98 Å². The lowest BCUT2D eigenvalue weighted by Crippen LogP contribution is -2.22. The summed E-state index contributed by atoms with van der Waals surface area (Å²) in [6, 6.07) is 22.3. The summed E-state index contributed by atoms with van der Waals surface area (Å²) >= 11 is 1.48. The lowest BCUT2D eigenvalue weighted by molar-refractivity contribution is 0.332. The van der Waals surface area contributed by atoms with Crippen LogP contribution < -0.4 is 19.8 Å². The minimum Gasteiger partial charge on any atom is -0.497 e. The van der Waals surface area contributed by atoms with Crippen molar-refractivity contribution in [2.45, 2.75) is 12.1 Å². The van der Waals surface area contributed by atoms with Gasteiger partial charge in [-0.3, -0.25) is 9.36 Å². The molecule has 0 spiro atoms. The molecule has 0 saturated heterocycles. The average molecular weight is 449 g/mol. The first kappa shape index (κ1) is 21.8. The summed E-state index contributed by atoms with van der Waals surface area (Å²) in [6.45, 7) is 3.05. The highest BCUT2D eigenvalue weighted by molar-refractivity contribution is 7.99. The number of methoxy groups -OCH3 is 1. The molecule has 0 radical (unpaired) electrons. The van der Waals surface area contributed by atoms with Gasteiger partial charge in [0, 0.05) is 11.8 Å². The third kappa shape index (κ3) is 4.89. The van der Waals surface area contributed by atoms with E-state index in [9.17, 15) is 4.79 Å². The summed E-state index contributed by atoms with van der Waals surface area (Å²) in [7, 11) is 1.61. The van der Waals surface area contributed by atoms with Crippen LogP contribution in [-0.2, 0) is 0 Å². The van der Waals surface area contributed by atoms with Crippen LogP contribution in [0.3, 0.4) is 0 Å². The first-order valence-electron chi connectivity index (χ1n) is 10.3. The van der Waals surface area contributed by atoms with E-state index in [1.165, 1.54) is 11.8 Å². The molecule has 4 aromatic rings. The van der Waals surface area contributed by atoms with E-state index in [0.29, 0.717) is 46.5 Å². The van der Waals surface area contributed by atoms with Gasteiger partial charge in [0.15, 0.2) is 5.16 Å². The number of rotatable bonds is 9. The van der Waals surface area contributed by atoms with Crippen LogP contribution in [0, 0.1) is 0 Å². The van der Waals surface area contributed by atoms with E-state index >= 15 is 0 Å². The van der Waals surface area contributed by atoms with Crippen molar-refractivity contribution in [3.8, 4) is 22.9 Å². The Morgan fingerprint density at radius 3 is 2.41 bits per heavy atom. The number of thioether (sulfide) groups is 1. The molecule has 0 unspecified atom stereocenters. The summed E-state index contributed by atoms with van der Waals surface area (Å²) in [6.07, 6.45) is 0. The van der Waals surface area contributed by atoms with Crippen LogP contribution in [0.15, 0.2) is 82.7 Å². The third-order valence-electron chi connectivity index (χ3n) is 4.77. The first-order chi connectivity index (χ1) is 15.7. The fourth-order valence-corrected chi connectivity index (χ4v) is 4.11. The number of hydrogen-bond donors (Lipinski definition) is 0. The monoisotopic (exact) mass is 448 g/mol. The largest absolute Gasteiger partial charge is 0.497 e. The van der Waals surface area contributed by atoms with Gasteiger partial charge in [0.05, 0.1) is 36.9 Å². The molecule has 0 aliphatic carbocycles. The van der Waals surface area contributed by atoms with Gasteiger partial charge in [0.2, 0.25) is 0 Å². The minimum absolute atomic E-state index is 0.112. The Morgan fingerprint density at radius 1 is 0.906 bits per heavy atom. The molecule has 0 fully saturated rings. The Kier molecular flexibility index (Phi) is 6.97. The molecule has 32 heavy (non-hydrogen) atoms. The van der Waals surface area contributed by atoms with Crippen molar-refractivity contribution in [3.05, 3.63) is 83.2 Å². The Hall–Kier alpha value is -3.45. The second-order valence-corrected chi connectivity index (χ2v) is 7.92. The maximum atomic E-state index is 13.3. The van der Waals surface area contributed by atoms with Gasteiger partial charge >= 0.3 is 0 Å². The van der Waals surface area contributed by atoms with Crippen molar-refractivity contribution < 1.29 is 14.2 Å². The normalized spacial score (nSPS) is 10.8. The molecule has 0 bridgehead atoms. The van der Waals surface area contributed by atoms with E-state index in [4.69, 9.17) is 19.2 Å². The Morgan fingerprint density at radius 2 is 1.66 bits per heavy atom. The molecule has 164 valence electrons. The van der Waals surface area contributed by atoms with Gasteiger partial charge in [0.25, 0.3) is 5.56 Å². The van der Waals surface area contributed by atoms with Crippen LogP contribution >= 0.6 is 11.8 Å². The second-order valence-electron chi connectivity index (χ2n) is 6.85. The van der Waals surface area contributed by atoms with Gasteiger partial charge in [-0.2, -0.15) is 0 Å². The third-order valence-corrected chi connectivity index (χ3v) is 5.68. The smallest absolute Gasteiger partial charge is 0.266 e. The topological polar surface area (TPSA) is 62.6 Å². The van der Waals surface area contributed by atoms with Crippen LogP contribution in [0.5, 0.6) is 17.2 Å². The van der Waals surface area contributed by atoms with E-state index in [2.05, 4.69) is 0 Å². The van der Waals surface area contributed by atoms with Crippen LogP contribution in [0.1, 0.15) is 6.92 Å². The molecule has 0 saturated carbocycles. The molecule has 3 aromatic carbocycles. The summed E-state index contributed by atoms with van der Waals surface area (Å²) in [5.74, 6) is 2.89. The zero-order valence-electron chi connectivity index (χ0n) is 18.0. The highest BCUT2D eigenvalue weighted by atomic mass is 32.2. The van der Waals surface area contributed by atoms with Gasteiger partial charge in [-0.1, -0.05) is 30.0 Å². The Labute approximate surface area is 190 Å². The fraction of sp³-hybridized carbons (Fsp3) is 0.200. The molecule has 6 nitrogen and oxygen atoms in total. The second kappa shape index (κ2) is 10.2. The highest BCUT2D eigenvalue weighted by Crippen LogP contribution is 2.24. The van der Waals surface area contributed by atoms with Crippen molar-refractivity contribution in [1.82, 2.24) is 9.55 Å². The number of para-hydroxylation sites is 1. The summed E-state index contributed by atoms with van der Waals surface area (Å²) < 4.78 is 18.3. The number of nitrogens with zero attached hydrogens (tertiary/aromatic N) is 2. The van der Waals surface area contributed by atoms with Crippen molar-refractivity contribution >= 4 is 22.7 Å². The zero-order valence-corrected chi connectivity index (χ0v) is 18.8. The number of fused-ring (bicyclic) bond motifs is 1. The molecule has 1 aromatic heterocycles. The van der Waals surface area contributed by atoms with Crippen molar-refractivity contribution in [2.24, 2.45) is 0 Å². The van der Waals surface area contributed by atoms with E-state index in [0.717, 1.165) is 11.5 Å². The van der Waals surface area contributed by atoms with E-state index < -0.39 is 0 Å². The maximum Gasteiger partial charge on any atom is 0.266 e. The molecule has 0 amide bonds. The summed E-state index contributed by atoms with van der Waals surface area (Å²) in [5, 5.41) is 1.18. The van der Waals surface area contributed by atoms with Crippen molar-refractivity contribution in [2.75, 3.05) is 26.1 Å². The molecule has 4 rings (SSSR count). The number of benzene rings is 3. The predicted octanol–water partition coefficient (Wildman–Crippen LogP) is 4.96. The van der Waals surface area contributed by atoms with E-state index in [1.54, 1.807) is 17.7 Å². The molecule has 0 aliphatic rings. The number of aromatic nitrogens is 2. The van der Waals surface area contributed by atoms with Gasteiger partial charge in [-0.15, -0.1) is 0 Å². The highest BCUT2D eigenvalue weighted by Gasteiger charge is 2.14.